The molecule has 1 aromatic carbocycles. The Morgan fingerprint density at radius 1 is 1.17 bits per heavy atom. The van der Waals surface area contributed by atoms with E-state index in [0.717, 1.165) is 42.9 Å². The minimum Gasteiger partial charge on any atom is -0.338 e. The number of para-hydroxylation sites is 1. The molecule has 0 radical (unpaired) electrons. The second-order valence-electron chi connectivity index (χ2n) is 6.01. The summed E-state index contributed by atoms with van der Waals surface area (Å²) in [6, 6.07) is 10.1. The van der Waals surface area contributed by atoms with Crippen LogP contribution in [0.3, 0.4) is 0 Å². The largest absolute Gasteiger partial charge is 0.338 e. The Hall–Kier alpha value is -2.47. The lowest BCUT2D eigenvalue weighted by atomic mass is 10.2. The van der Waals surface area contributed by atoms with Gasteiger partial charge in [0, 0.05) is 24.7 Å². The maximum atomic E-state index is 5.32. The highest BCUT2D eigenvalue weighted by molar-refractivity contribution is 5.30. The summed E-state index contributed by atoms with van der Waals surface area (Å²) in [5, 5.41) is 8.45. The Morgan fingerprint density at radius 2 is 2.00 bits per heavy atom. The molecule has 2 aromatic heterocycles. The fraction of sp³-hybridized carbons (Fsp3) is 0.389. The van der Waals surface area contributed by atoms with Gasteiger partial charge in [0.2, 0.25) is 5.89 Å². The molecule has 0 fully saturated rings. The molecule has 0 aliphatic carbocycles. The van der Waals surface area contributed by atoms with Crippen molar-refractivity contribution in [2.75, 3.05) is 7.05 Å². The lowest BCUT2D eigenvalue weighted by Gasteiger charge is -2.12. The first kappa shape index (κ1) is 16.4. The van der Waals surface area contributed by atoms with E-state index in [1.165, 1.54) is 0 Å². The number of aromatic nitrogens is 4. The van der Waals surface area contributed by atoms with Crippen molar-refractivity contribution in [3.05, 3.63) is 60.0 Å². The number of rotatable bonds is 8. The lowest BCUT2D eigenvalue weighted by molar-refractivity contribution is 0.260. The van der Waals surface area contributed by atoms with Gasteiger partial charge in [-0.25, -0.2) is 4.68 Å². The zero-order chi connectivity index (χ0) is 16.8. The van der Waals surface area contributed by atoms with Crippen molar-refractivity contribution in [2.45, 2.75) is 39.3 Å². The van der Waals surface area contributed by atoms with Gasteiger partial charge in [-0.1, -0.05) is 36.7 Å². The molecular formula is C18H23N5O. The predicted octanol–water partition coefficient (Wildman–Crippen LogP) is 3.23. The number of nitrogens with zero attached hydrogens (tertiary/aromatic N) is 5. The maximum Gasteiger partial charge on any atom is 0.240 e. The third-order valence-corrected chi connectivity index (χ3v) is 3.78. The van der Waals surface area contributed by atoms with E-state index in [4.69, 9.17) is 4.52 Å². The minimum atomic E-state index is 0.635. The molecule has 0 aliphatic rings. The summed E-state index contributed by atoms with van der Waals surface area (Å²) < 4.78 is 7.21. The van der Waals surface area contributed by atoms with Gasteiger partial charge in [-0.05, 0) is 25.6 Å². The van der Waals surface area contributed by atoms with Crippen LogP contribution in [0.15, 0.2) is 47.2 Å². The van der Waals surface area contributed by atoms with Gasteiger partial charge >= 0.3 is 0 Å². The molecule has 0 saturated carbocycles. The molecule has 6 heteroatoms. The van der Waals surface area contributed by atoms with Crippen molar-refractivity contribution in [3.63, 3.8) is 0 Å². The summed E-state index contributed by atoms with van der Waals surface area (Å²) in [6.07, 6.45) is 7.05. The lowest BCUT2D eigenvalue weighted by Crippen LogP contribution is -2.17. The summed E-state index contributed by atoms with van der Waals surface area (Å²) in [5.74, 6) is 1.47. The molecule has 126 valence electrons. The van der Waals surface area contributed by atoms with Crippen molar-refractivity contribution < 1.29 is 4.52 Å². The minimum absolute atomic E-state index is 0.635. The summed E-state index contributed by atoms with van der Waals surface area (Å²) in [7, 11) is 2.04. The van der Waals surface area contributed by atoms with Crippen LogP contribution in [-0.2, 0) is 19.5 Å². The van der Waals surface area contributed by atoms with Gasteiger partial charge in [0.1, 0.15) is 0 Å². The average Bonchev–Trinajstić information content (AvgIpc) is 3.23. The third-order valence-electron chi connectivity index (χ3n) is 3.78. The Balaban J connectivity index is 1.56. The van der Waals surface area contributed by atoms with Gasteiger partial charge in [-0.15, -0.1) is 0 Å². The van der Waals surface area contributed by atoms with Crippen LogP contribution in [0.1, 0.15) is 37.0 Å². The standard InChI is InChI=1S/C18H23N5O/c1-3-4-10-17-20-18(24-21-17)14-22(2)12-15-11-19-23(13-15)16-8-6-5-7-9-16/h5-9,11,13H,3-4,10,12,14H2,1-2H3. The average molecular weight is 325 g/mol. The molecule has 0 spiro atoms. The van der Waals surface area contributed by atoms with Crippen LogP contribution in [0, 0.1) is 0 Å². The van der Waals surface area contributed by atoms with E-state index in [2.05, 4.69) is 27.1 Å². The first-order chi connectivity index (χ1) is 11.7. The Kier molecular flexibility index (Phi) is 5.38. The zero-order valence-electron chi connectivity index (χ0n) is 14.2. The second-order valence-corrected chi connectivity index (χ2v) is 6.01. The van der Waals surface area contributed by atoms with Crippen LogP contribution >= 0.6 is 0 Å². The number of benzene rings is 1. The summed E-state index contributed by atoms with van der Waals surface area (Å²) in [6.45, 7) is 3.57. The van der Waals surface area contributed by atoms with Gasteiger partial charge in [0.25, 0.3) is 0 Å². The van der Waals surface area contributed by atoms with Gasteiger partial charge in [-0.3, -0.25) is 4.90 Å². The van der Waals surface area contributed by atoms with Crippen LogP contribution in [0.5, 0.6) is 0 Å². The van der Waals surface area contributed by atoms with Gasteiger partial charge < -0.3 is 4.52 Å². The van der Waals surface area contributed by atoms with Crippen LogP contribution in [0.4, 0.5) is 0 Å². The normalized spacial score (nSPS) is 11.3. The summed E-state index contributed by atoms with van der Waals surface area (Å²) in [4.78, 5) is 6.58. The fourth-order valence-corrected chi connectivity index (χ4v) is 2.55. The van der Waals surface area contributed by atoms with Crippen molar-refractivity contribution in [1.82, 2.24) is 24.8 Å². The molecule has 0 amide bonds. The van der Waals surface area contributed by atoms with Gasteiger partial charge in [0.05, 0.1) is 18.4 Å². The molecule has 0 saturated heterocycles. The van der Waals surface area contributed by atoms with E-state index < -0.39 is 0 Å². The van der Waals surface area contributed by atoms with Crippen molar-refractivity contribution in [1.29, 1.82) is 0 Å². The van der Waals surface area contributed by atoms with Gasteiger partial charge in [0.15, 0.2) is 5.82 Å². The smallest absolute Gasteiger partial charge is 0.240 e. The van der Waals surface area contributed by atoms with E-state index in [1.807, 2.05) is 54.5 Å². The Labute approximate surface area is 142 Å². The molecule has 0 aliphatic heterocycles. The highest BCUT2D eigenvalue weighted by atomic mass is 16.5. The number of unbranched alkanes of at least 4 members (excludes halogenated alkanes) is 1. The Morgan fingerprint density at radius 3 is 2.79 bits per heavy atom. The quantitative estimate of drug-likeness (QED) is 0.636. The highest BCUT2D eigenvalue weighted by Gasteiger charge is 2.10. The second kappa shape index (κ2) is 7.88. The van der Waals surface area contributed by atoms with E-state index in [0.29, 0.717) is 12.4 Å². The summed E-state index contributed by atoms with van der Waals surface area (Å²) in [5.41, 5.74) is 2.20. The first-order valence-electron chi connectivity index (χ1n) is 8.33. The maximum absolute atomic E-state index is 5.32. The topological polar surface area (TPSA) is 60.0 Å². The zero-order valence-corrected chi connectivity index (χ0v) is 14.2. The first-order valence-corrected chi connectivity index (χ1v) is 8.33. The molecule has 0 atom stereocenters. The predicted molar refractivity (Wildman–Crippen MR) is 91.6 cm³/mol. The van der Waals surface area contributed by atoms with Crippen molar-refractivity contribution in [2.24, 2.45) is 0 Å². The molecule has 3 rings (SSSR count). The molecule has 0 bridgehead atoms. The fourth-order valence-electron chi connectivity index (χ4n) is 2.55. The number of aryl methyl sites for hydroxylation is 1. The van der Waals surface area contributed by atoms with Crippen molar-refractivity contribution >= 4 is 0 Å². The molecule has 24 heavy (non-hydrogen) atoms. The molecule has 6 nitrogen and oxygen atoms in total. The monoisotopic (exact) mass is 325 g/mol. The van der Waals surface area contributed by atoms with Crippen LogP contribution in [0.2, 0.25) is 0 Å². The molecule has 3 aromatic rings. The van der Waals surface area contributed by atoms with E-state index in [-0.39, 0.29) is 0 Å². The molecule has 0 unspecified atom stereocenters. The van der Waals surface area contributed by atoms with E-state index in [9.17, 15) is 0 Å². The highest BCUT2D eigenvalue weighted by Crippen LogP contribution is 2.11. The van der Waals surface area contributed by atoms with Crippen molar-refractivity contribution in [3.8, 4) is 5.69 Å². The van der Waals surface area contributed by atoms with E-state index >= 15 is 0 Å². The van der Waals surface area contributed by atoms with E-state index in [1.54, 1.807) is 0 Å². The molecule has 0 N–H and O–H groups in total. The third kappa shape index (κ3) is 4.29. The van der Waals surface area contributed by atoms with Crippen LogP contribution < -0.4 is 0 Å². The van der Waals surface area contributed by atoms with Gasteiger partial charge in [-0.2, -0.15) is 10.1 Å². The Bertz CT molecular complexity index is 750. The molecular weight excluding hydrogens is 302 g/mol. The van der Waals surface area contributed by atoms with Crippen LogP contribution in [-0.4, -0.2) is 31.9 Å². The SMILES string of the molecule is CCCCc1noc(CN(C)Cc2cnn(-c3ccccc3)c2)n1. The molecule has 2 heterocycles. The number of hydrogen-bond acceptors (Lipinski definition) is 5. The van der Waals surface area contributed by atoms with Crippen LogP contribution in [0.25, 0.3) is 5.69 Å². The number of hydrogen-bond donors (Lipinski definition) is 0. The summed E-state index contributed by atoms with van der Waals surface area (Å²) >= 11 is 0.